The molecule has 2 rings (SSSR count). The van der Waals surface area contributed by atoms with Crippen LogP contribution < -0.4 is 10.1 Å². The summed E-state index contributed by atoms with van der Waals surface area (Å²) in [6.07, 6.45) is 0.251. The van der Waals surface area contributed by atoms with Gasteiger partial charge in [0.05, 0.1) is 17.0 Å². The van der Waals surface area contributed by atoms with Gasteiger partial charge >= 0.3 is 5.97 Å². The summed E-state index contributed by atoms with van der Waals surface area (Å²) in [7, 11) is 0. The molecule has 2 unspecified atom stereocenters. The number of halogens is 2. The molecule has 0 aliphatic carbocycles. The van der Waals surface area contributed by atoms with Crippen molar-refractivity contribution in [1.82, 2.24) is 10.2 Å². The molecule has 148 valence electrons. The SMILES string of the molecule is CCC(C)OC(=O)CC1C(=O)NCCN1C(=O)COc1ccc(Cl)cc1Br. The Labute approximate surface area is 171 Å². The third kappa shape index (κ3) is 6.10. The van der Waals surface area contributed by atoms with Gasteiger partial charge in [-0.25, -0.2) is 0 Å². The maximum absolute atomic E-state index is 12.6. The first-order valence-corrected chi connectivity index (χ1v) is 9.83. The van der Waals surface area contributed by atoms with Gasteiger partial charge in [-0.05, 0) is 47.5 Å². The summed E-state index contributed by atoms with van der Waals surface area (Å²) in [5.74, 6) is -0.802. The number of nitrogens with zero attached hydrogens (tertiary/aromatic N) is 1. The zero-order valence-electron chi connectivity index (χ0n) is 15.2. The molecule has 1 aliphatic heterocycles. The van der Waals surface area contributed by atoms with Gasteiger partial charge in [0, 0.05) is 18.1 Å². The van der Waals surface area contributed by atoms with E-state index in [1.54, 1.807) is 25.1 Å². The first-order valence-electron chi connectivity index (χ1n) is 8.66. The summed E-state index contributed by atoms with van der Waals surface area (Å²) >= 11 is 9.20. The van der Waals surface area contributed by atoms with Crippen LogP contribution in [-0.4, -0.2) is 54.5 Å². The minimum Gasteiger partial charge on any atom is -0.483 e. The fourth-order valence-corrected chi connectivity index (χ4v) is 3.34. The second-order valence-electron chi connectivity index (χ2n) is 6.17. The van der Waals surface area contributed by atoms with Crippen LogP contribution in [0.4, 0.5) is 0 Å². The predicted molar refractivity (Wildman–Crippen MR) is 104 cm³/mol. The third-order valence-corrected chi connectivity index (χ3v) is 5.02. The van der Waals surface area contributed by atoms with Gasteiger partial charge in [0.2, 0.25) is 5.91 Å². The standard InChI is InChI=1S/C18H22BrClN2O5/c1-3-11(2)27-17(24)9-14-18(25)21-6-7-22(14)16(23)10-26-15-5-4-12(20)8-13(15)19/h4-5,8,11,14H,3,6-7,9-10H2,1-2H3,(H,21,25). The van der Waals surface area contributed by atoms with Crippen molar-refractivity contribution in [2.75, 3.05) is 19.7 Å². The number of rotatable bonds is 7. The summed E-state index contributed by atoms with van der Waals surface area (Å²) in [5.41, 5.74) is 0. The number of nitrogens with one attached hydrogen (secondary N) is 1. The van der Waals surface area contributed by atoms with E-state index in [2.05, 4.69) is 21.2 Å². The Bertz CT molecular complexity index is 715. The van der Waals surface area contributed by atoms with Crippen molar-refractivity contribution < 1.29 is 23.9 Å². The number of amides is 2. The molecule has 0 spiro atoms. The highest BCUT2D eigenvalue weighted by atomic mass is 79.9. The number of carbonyl (C=O) groups is 3. The molecule has 1 N–H and O–H groups in total. The molecule has 1 heterocycles. The maximum Gasteiger partial charge on any atom is 0.308 e. The molecule has 1 aromatic carbocycles. The molecule has 0 radical (unpaired) electrons. The highest BCUT2D eigenvalue weighted by Gasteiger charge is 2.35. The molecule has 0 saturated carbocycles. The molecule has 27 heavy (non-hydrogen) atoms. The van der Waals surface area contributed by atoms with Crippen molar-refractivity contribution in [2.24, 2.45) is 0 Å². The molecule has 7 nitrogen and oxygen atoms in total. The predicted octanol–water partition coefficient (Wildman–Crippen LogP) is 2.54. The fraction of sp³-hybridized carbons (Fsp3) is 0.500. The molecule has 1 saturated heterocycles. The maximum atomic E-state index is 12.6. The zero-order valence-corrected chi connectivity index (χ0v) is 17.5. The Hall–Kier alpha value is -1.80. The summed E-state index contributed by atoms with van der Waals surface area (Å²) in [5, 5.41) is 3.21. The van der Waals surface area contributed by atoms with Crippen LogP contribution in [0, 0.1) is 0 Å². The number of esters is 1. The average Bonchev–Trinajstić information content (AvgIpc) is 2.62. The minimum absolute atomic E-state index is 0.188. The van der Waals surface area contributed by atoms with E-state index in [4.69, 9.17) is 21.1 Å². The van der Waals surface area contributed by atoms with Gasteiger partial charge in [-0.2, -0.15) is 0 Å². The smallest absolute Gasteiger partial charge is 0.308 e. The topological polar surface area (TPSA) is 84.9 Å². The number of hydrogen-bond acceptors (Lipinski definition) is 5. The molecule has 1 aliphatic rings. The van der Waals surface area contributed by atoms with E-state index in [1.165, 1.54) is 4.90 Å². The lowest BCUT2D eigenvalue weighted by molar-refractivity contribution is -0.155. The third-order valence-electron chi connectivity index (χ3n) is 4.16. The van der Waals surface area contributed by atoms with E-state index >= 15 is 0 Å². The Kier molecular flexibility index (Phi) is 7.91. The van der Waals surface area contributed by atoms with Crippen LogP contribution in [0.1, 0.15) is 26.7 Å². The summed E-state index contributed by atoms with van der Waals surface area (Å²) in [6.45, 7) is 4.04. The normalized spacial score (nSPS) is 17.9. The van der Waals surface area contributed by atoms with Gasteiger partial charge in [0.1, 0.15) is 11.8 Å². The fourth-order valence-electron chi connectivity index (χ4n) is 2.54. The van der Waals surface area contributed by atoms with Crippen LogP contribution in [0.2, 0.25) is 5.02 Å². The Morgan fingerprint density at radius 3 is 2.85 bits per heavy atom. The molecule has 2 atom stereocenters. The van der Waals surface area contributed by atoms with Gasteiger partial charge in [0.15, 0.2) is 6.61 Å². The highest BCUT2D eigenvalue weighted by molar-refractivity contribution is 9.10. The molecular weight excluding hydrogens is 440 g/mol. The van der Waals surface area contributed by atoms with Crippen LogP contribution >= 0.6 is 27.5 Å². The number of carbonyl (C=O) groups excluding carboxylic acids is 3. The van der Waals surface area contributed by atoms with E-state index in [0.29, 0.717) is 34.8 Å². The first-order chi connectivity index (χ1) is 12.8. The van der Waals surface area contributed by atoms with Gasteiger partial charge in [-0.15, -0.1) is 0 Å². The van der Waals surface area contributed by atoms with Crippen molar-refractivity contribution in [3.05, 3.63) is 27.7 Å². The van der Waals surface area contributed by atoms with Crippen molar-refractivity contribution in [3.8, 4) is 5.75 Å². The Balaban J connectivity index is 2.00. The average molecular weight is 462 g/mol. The van der Waals surface area contributed by atoms with E-state index in [-0.39, 0.29) is 30.9 Å². The highest BCUT2D eigenvalue weighted by Crippen LogP contribution is 2.28. The minimum atomic E-state index is -0.903. The van der Waals surface area contributed by atoms with E-state index in [0.717, 1.165) is 0 Å². The lowest BCUT2D eigenvalue weighted by Gasteiger charge is -2.34. The van der Waals surface area contributed by atoms with Gasteiger partial charge in [-0.3, -0.25) is 14.4 Å². The molecule has 2 amide bonds. The molecule has 1 aromatic rings. The quantitative estimate of drug-likeness (QED) is 0.631. The number of piperazine rings is 1. The molecule has 9 heteroatoms. The van der Waals surface area contributed by atoms with Gasteiger partial charge in [-0.1, -0.05) is 18.5 Å². The van der Waals surface area contributed by atoms with Crippen LogP contribution in [-0.2, 0) is 19.1 Å². The number of benzene rings is 1. The lowest BCUT2D eigenvalue weighted by atomic mass is 10.1. The Morgan fingerprint density at radius 1 is 1.44 bits per heavy atom. The van der Waals surface area contributed by atoms with Crippen molar-refractivity contribution in [3.63, 3.8) is 0 Å². The van der Waals surface area contributed by atoms with E-state index in [1.807, 2.05) is 6.92 Å². The second-order valence-corrected chi connectivity index (χ2v) is 7.46. The summed E-state index contributed by atoms with van der Waals surface area (Å²) < 4.78 is 11.4. The molecular formula is C18H22BrClN2O5. The van der Waals surface area contributed by atoms with Crippen LogP contribution in [0.15, 0.2) is 22.7 Å². The van der Waals surface area contributed by atoms with Crippen molar-refractivity contribution in [1.29, 1.82) is 0 Å². The van der Waals surface area contributed by atoms with Crippen LogP contribution in [0.25, 0.3) is 0 Å². The van der Waals surface area contributed by atoms with Crippen LogP contribution in [0.5, 0.6) is 5.75 Å². The summed E-state index contributed by atoms with van der Waals surface area (Å²) in [6, 6.07) is 4.04. The van der Waals surface area contributed by atoms with Gasteiger partial charge < -0.3 is 19.7 Å². The molecule has 0 bridgehead atoms. The van der Waals surface area contributed by atoms with Crippen molar-refractivity contribution >= 4 is 45.3 Å². The second kappa shape index (κ2) is 9.94. The van der Waals surface area contributed by atoms with Crippen molar-refractivity contribution in [2.45, 2.75) is 38.8 Å². The molecule has 0 aromatic heterocycles. The summed E-state index contributed by atoms with van der Waals surface area (Å²) in [4.78, 5) is 38.2. The van der Waals surface area contributed by atoms with Gasteiger partial charge in [0.25, 0.3) is 5.91 Å². The van der Waals surface area contributed by atoms with E-state index < -0.39 is 12.0 Å². The van der Waals surface area contributed by atoms with Crippen LogP contribution in [0.3, 0.4) is 0 Å². The Morgan fingerprint density at radius 2 is 2.19 bits per heavy atom. The monoisotopic (exact) mass is 460 g/mol. The molecule has 1 fully saturated rings. The first kappa shape index (κ1) is 21.5. The number of hydrogen-bond donors (Lipinski definition) is 1. The number of ether oxygens (including phenoxy) is 2. The largest absolute Gasteiger partial charge is 0.483 e. The van der Waals surface area contributed by atoms with E-state index in [9.17, 15) is 14.4 Å². The zero-order chi connectivity index (χ0) is 20.0. The lowest BCUT2D eigenvalue weighted by Crippen LogP contribution is -2.58.